The van der Waals surface area contributed by atoms with Crippen LogP contribution in [0.3, 0.4) is 0 Å². The van der Waals surface area contributed by atoms with Gasteiger partial charge in [0.2, 0.25) is 11.8 Å². The Hall–Kier alpha value is -2.35. The molecule has 1 aliphatic rings. The maximum absolute atomic E-state index is 12.3. The van der Waals surface area contributed by atoms with Gasteiger partial charge in [0.1, 0.15) is 6.10 Å². The van der Waals surface area contributed by atoms with Crippen LogP contribution in [0.25, 0.3) is 0 Å². The molecule has 7 nitrogen and oxygen atoms in total. The van der Waals surface area contributed by atoms with Crippen molar-refractivity contribution in [3.63, 3.8) is 0 Å². The number of hydrogen-bond acceptors (Lipinski definition) is 6. The zero-order chi connectivity index (χ0) is 16.8. The summed E-state index contributed by atoms with van der Waals surface area (Å²) in [6.07, 6.45) is 4.77. The third-order valence-electron chi connectivity index (χ3n) is 3.75. The molecular weight excluding hydrogens is 328 g/mol. The van der Waals surface area contributed by atoms with Crippen LogP contribution >= 0.6 is 11.3 Å². The first-order chi connectivity index (χ1) is 11.7. The van der Waals surface area contributed by atoms with Crippen LogP contribution in [0.5, 0.6) is 11.8 Å². The molecule has 1 unspecified atom stereocenters. The molecule has 0 saturated carbocycles. The summed E-state index contributed by atoms with van der Waals surface area (Å²) < 4.78 is 10.9. The van der Waals surface area contributed by atoms with Crippen molar-refractivity contribution in [3.05, 3.63) is 34.8 Å². The summed E-state index contributed by atoms with van der Waals surface area (Å²) >= 11 is 1.63. The number of thiophene rings is 1. The molecule has 128 valence electrons. The number of ether oxygens (including phenoxy) is 2. The lowest BCUT2D eigenvalue weighted by atomic mass is 10.1. The number of hydrogen-bond donors (Lipinski definition) is 1. The van der Waals surface area contributed by atoms with Gasteiger partial charge in [0.15, 0.2) is 0 Å². The highest BCUT2D eigenvalue weighted by atomic mass is 32.1. The van der Waals surface area contributed by atoms with Gasteiger partial charge in [0.05, 0.1) is 32.6 Å². The van der Waals surface area contributed by atoms with Crippen molar-refractivity contribution in [1.82, 2.24) is 20.2 Å². The molecule has 1 aliphatic heterocycles. The summed E-state index contributed by atoms with van der Waals surface area (Å²) in [6.45, 7) is 1.83. The Bertz CT molecular complexity index is 665. The SMILES string of the molecule is COc1cncc(OC2CCCN(C(=O)NCc3cccs3)C2)n1. The van der Waals surface area contributed by atoms with Gasteiger partial charge in [-0.15, -0.1) is 11.3 Å². The summed E-state index contributed by atoms with van der Waals surface area (Å²) in [6, 6.07) is 3.93. The number of amides is 2. The van der Waals surface area contributed by atoms with Crippen LogP contribution in [0.4, 0.5) is 4.79 Å². The fraction of sp³-hybridized carbons (Fsp3) is 0.438. The van der Waals surface area contributed by atoms with Gasteiger partial charge < -0.3 is 19.7 Å². The first-order valence-electron chi connectivity index (χ1n) is 7.82. The smallest absolute Gasteiger partial charge is 0.317 e. The van der Waals surface area contributed by atoms with Gasteiger partial charge in [-0.2, -0.15) is 4.98 Å². The molecule has 2 aromatic heterocycles. The number of rotatable bonds is 5. The van der Waals surface area contributed by atoms with E-state index in [0.717, 1.165) is 24.3 Å². The van der Waals surface area contributed by atoms with Gasteiger partial charge in [-0.1, -0.05) is 6.07 Å². The van der Waals surface area contributed by atoms with E-state index in [1.54, 1.807) is 22.4 Å². The first kappa shape index (κ1) is 16.5. The van der Waals surface area contributed by atoms with Crippen molar-refractivity contribution in [1.29, 1.82) is 0 Å². The summed E-state index contributed by atoms with van der Waals surface area (Å²) in [7, 11) is 1.54. The molecule has 2 amide bonds. The highest BCUT2D eigenvalue weighted by Crippen LogP contribution is 2.18. The van der Waals surface area contributed by atoms with Crippen LogP contribution in [-0.4, -0.2) is 47.2 Å². The van der Waals surface area contributed by atoms with Crippen LogP contribution in [-0.2, 0) is 6.54 Å². The van der Waals surface area contributed by atoms with Crippen molar-refractivity contribution in [3.8, 4) is 11.8 Å². The fourth-order valence-corrected chi connectivity index (χ4v) is 3.21. The Morgan fingerprint density at radius 1 is 1.46 bits per heavy atom. The maximum Gasteiger partial charge on any atom is 0.317 e. The number of carbonyl (C=O) groups excluding carboxylic acids is 1. The van der Waals surface area contributed by atoms with Crippen molar-refractivity contribution in [2.45, 2.75) is 25.5 Å². The van der Waals surface area contributed by atoms with Crippen LogP contribution in [0.15, 0.2) is 29.9 Å². The number of nitrogens with zero attached hydrogens (tertiary/aromatic N) is 3. The molecular formula is C16H20N4O3S. The highest BCUT2D eigenvalue weighted by molar-refractivity contribution is 7.09. The Morgan fingerprint density at radius 3 is 3.12 bits per heavy atom. The topological polar surface area (TPSA) is 76.6 Å². The monoisotopic (exact) mass is 348 g/mol. The summed E-state index contributed by atoms with van der Waals surface area (Å²) in [4.78, 5) is 23.5. The van der Waals surface area contributed by atoms with Gasteiger partial charge in [-0.05, 0) is 24.3 Å². The normalized spacial score (nSPS) is 17.4. The van der Waals surface area contributed by atoms with Gasteiger partial charge in [-0.3, -0.25) is 4.98 Å². The maximum atomic E-state index is 12.3. The number of piperidine rings is 1. The molecule has 0 radical (unpaired) electrons. The number of urea groups is 1. The molecule has 3 heterocycles. The Balaban J connectivity index is 1.52. The molecule has 1 fully saturated rings. The van der Waals surface area contributed by atoms with Gasteiger partial charge in [0, 0.05) is 11.4 Å². The van der Waals surface area contributed by atoms with Crippen LogP contribution in [0, 0.1) is 0 Å². The first-order valence-corrected chi connectivity index (χ1v) is 8.70. The lowest BCUT2D eigenvalue weighted by Gasteiger charge is -2.32. The Morgan fingerprint density at radius 2 is 2.33 bits per heavy atom. The van der Waals surface area contributed by atoms with Crippen LogP contribution in [0.2, 0.25) is 0 Å². The van der Waals surface area contributed by atoms with E-state index in [1.807, 2.05) is 17.5 Å². The quantitative estimate of drug-likeness (QED) is 0.897. The van der Waals surface area contributed by atoms with Gasteiger partial charge >= 0.3 is 6.03 Å². The second-order valence-corrected chi connectivity index (χ2v) is 6.50. The zero-order valence-corrected chi connectivity index (χ0v) is 14.3. The van der Waals surface area contributed by atoms with E-state index in [9.17, 15) is 4.79 Å². The molecule has 1 saturated heterocycles. The lowest BCUT2D eigenvalue weighted by Crippen LogP contribution is -2.48. The molecule has 0 aliphatic carbocycles. The van der Waals surface area contributed by atoms with Gasteiger partial charge in [0.25, 0.3) is 0 Å². The van der Waals surface area contributed by atoms with Crippen molar-refractivity contribution in [2.24, 2.45) is 0 Å². The third-order valence-corrected chi connectivity index (χ3v) is 4.62. The molecule has 24 heavy (non-hydrogen) atoms. The molecule has 1 N–H and O–H groups in total. The predicted octanol–water partition coefficient (Wildman–Crippen LogP) is 2.30. The standard InChI is InChI=1S/C16H20N4O3S/c1-22-14-9-17-10-15(19-14)23-12-4-2-6-20(11-12)16(21)18-8-13-5-3-7-24-13/h3,5,7,9-10,12H,2,4,6,8,11H2,1H3,(H,18,21). The minimum absolute atomic E-state index is 0.0616. The third kappa shape index (κ3) is 4.35. The largest absolute Gasteiger partial charge is 0.480 e. The van der Waals surface area contributed by atoms with E-state index in [2.05, 4.69) is 15.3 Å². The molecule has 0 bridgehead atoms. The van der Waals surface area contributed by atoms with E-state index >= 15 is 0 Å². The number of carbonyl (C=O) groups is 1. The number of aromatic nitrogens is 2. The van der Waals surface area contributed by atoms with Crippen LogP contribution in [0.1, 0.15) is 17.7 Å². The van der Waals surface area contributed by atoms with E-state index in [-0.39, 0.29) is 12.1 Å². The van der Waals surface area contributed by atoms with Crippen molar-refractivity contribution in [2.75, 3.05) is 20.2 Å². The minimum atomic E-state index is -0.0901. The Labute approximate surface area is 144 Å². The summed E-state index contributed by atoms with van der Waals surface area (Å²) in [5.41, 5.74) is 0. The average Bonchev–Trinajstić information content (AvgIpc) is 3.13. The second-order valence-electron chi connectivity index (χ2n) is 5.47. The fourth-order valence-electron chi connectivity index (χ4n) is 2.56. The lowest BCUT2D eigenvalue weighted by molar-refractivity contribution is 0.0968. The van der Waals surface area contributed by atoms with E-state index in [4.69, 9.17) is 9.47 Å². The van der Waals surface area contributed by atoms with E-state index < -0.39 is 0 Å². The zero-order valence-electron chi connectivity index (χ0n) is 13.5. The van der Waals surface area contributed by atoms with Gasteiger partial charge in [-0.25, -0.2) is 4.79 Å². The highest BCUT2D eigenvalue weighted by Gasteiger charge is 2.25. The van der Waals surface area contributed by atoms with Crippen molar-refractivity contribution < 1.29 is 14.3 Å². The van der Waals surface area contributed by atoms with Crippen molar-refractivity contribution >= 4 is 17.4 Å². The molecule has 3 rings (SSSR count). The van der Waals surface area contributed by atoms with E-state index in [1.165, 1.54) is 13.3 Å². The number of likely N-dealkylation sites (tertiary alicyclic amines) is 1. The molecule has 1 atom stereocenters. The molecule has 0 spiro atoms. The molecule has 0 aromatic carbocycles. The van der Waals surface area contributed by atoms with E-state index in [0.29, 0.717) is 24.8 Å². The number of methoxy groups -OCH3 is 1. The minimum Gasteiger partial charge on any atom is -0.480 e. The number of nitrogens with one attached hydrogen (secondary N) is 1. The average molecular weight is 348 g/mol. The predicted molar refractivity (Wildman–Crippen MR) is 90.4 cm³/mol. The van der Waals surface area contributed by atoms with Crippen LogP contribution < -0.4 is 14.8 Å². The summed E-state index contributed by atoms with van der Waals surface area (Å²) in [5.74, 6) is 0.828. The molecule has 2 aromatic rings. The molecule has 8 heteroatoms. The summed E-state index contributed by atoms with van der Waals surface area (Å²) in [5, 5.41) is 4.95. The Kier molecular flexibility index (Phi) is 5.47. The second kappa shape index (κ2) is 7.96.